The molecule has 4 rings (SSSR count). The minimum Gasteiger partial charge on any atom is -0.452 e. The first kappa shape index (κ1) is 18.3. The van der Waals surface area contributed by atoms with Crippen LogP contribution in [0.5, 0.6) is 0 Å². The maximum atomic E-state index is 12.4. The van der Waals surface area contributed by atoms with E-state index in [1.807, 2.05) is 18.2 Å². The quantitative estimate of drug-likeness (QED) is 0.655. The van der Waals surface area contributed by atoms with Gasteiger partial charge in [0, 0.05) is 16.6 Å². The Labute approximate surface area is 166 Å². The van der Waals surface area contributed by atoms with Gasteiger partial charge < -0.3 is 15.0 Å². The molecule has 1 aromatic carbocycles. The highest BCUT2D eigenvalue weighted by molar-refractivity contribution is 7.14. The van der Waals surface area contributed by atoms with Gasteiger partial charge in [0.25, 0.3) is 5.91 Å². The lowest BCUT2D eigenvalue weighted by Gasteiger charge is -2.18. The van der Waals surface area contributed by atoms with Crippen LogP contribution in [-0.2, 0) is 22.4 Å². The Morgan fingerprint density at radius 1 is 1.39 bits per heavy atom. The van der Waals surface area contributed by atoms with Gasteiger partial charge in [-0.3, -0.25) is 4.79 Å². The van der Waals surface area contributed by atoms with E-state index >= 15 is 0 Å². The average Bonchev–Trinajstić information content (AvgIpc) is 3.29. The van der Waals surface area contributed by atoms with Crippen molar-refractivity contribution in [2.75, 3.05) is 11.9 Å². The number of ether oxygens (including phenoxy) is 1. The number of hydrogen-bond acceptors (Lipinski definition) is 5. The summed E-state index contributed by atoms with van der Waals surface area (Å²) >= 11 is 1.25. The van der Waals surface area contributed by atoms with E-state index in [0.29, 0.717) is 22.0 Å². The molecule has 1 aliphatic carbocycles. The third-order valence-electron chi connectivity index (χ3n) is 5.04. The van der Waals surface area contributed by atoms with E-state index in [0.717, 1.165) is 23.7 Å². The number of rotatable bonds is 4. The molecule has 2 N–H and O–H groups in total. The molecule has 0 fully saturated rings. The minimum atomic E-state index is -0.539. The number of H-pyrrole nitrogens is 1. The second kappa shape index (κ2) is 7.49. The van der Waals surface area contributed by atoms with Crippen molar-refractivity contribution in [3.63, 3.8) is 0 Å². The van der Waals surface area contributed by atoms with Gasteiger partial charge in [-0.1, -0.05) is 6.92 Å². The predicted octanol–water partition coefficient (Wildman–Crippen LogP) is 4.02. The molecular weight excluding hydrogens is 374 g/mol. The largest absolute Gasteiger partial charge is 0.452 e. The zero-order chi connectivity index (χ0) is 19.7. The third kappa shape index (κ3) is 3.51. The summed E-state index contributed by atoms with van der Waals surface area (Å²) in [4.78, 5) is 27.9. The van der Waals surface area contributed by atoms with Gasteiger partial charge in [-0.25, -0.2) is 4.79 Å². The lowest BCUT2D eigenvalue weighted by atomic mass is 9.87. The SMILES string of the molecule is C[C@@H]1CCc2[nH]c3ccc(C(=O)OCC(=O)Nc4sccc4C#N)cc3c2C1. The average molecular weight is 393 g/mol. The summed E-state index contributed by atoms with van der Waals surface area (Å²) in [6, 6.07) is 9.07. The lowest BCUT2D eigenvalue weighted by Crippen LogP contribution is -2.20. The van der Waals surface area contributed by atoms with Crippen LogP contribution in [-0.4, -0.2) is 23.5 Å². The molecule has 1 atom stereocenters. The van der Waals surface area contributed by atoms with Crippen molar-refractivity contribution in [3.8, 4) is 6.07 Å². The van der Waals surface area contributed by atoms with Crippen LogP contribution in [0.1, 0.15) is 40.5 Å². The first-order valence-corrected chi connectivity index (χ1v) is 10.0. The van der Waals surface area contributed by atoms with Crippen molar-refractivity contribution in [2.24, 2.45) is 5.92 Å². The summed E-state index contributed by atoms with van der Waals surface area (Å²) < 4.78 is 5.16. The Hall–Kier alpha value is -3.11. The number of hydrogen-bond donors (Lipinski definition) is 2. The van der Waals surface area contributed by atoms with E-state index < -0.39 is 18.5 Å². The molecule has 142 valence electrons. The van der Waals surface area contributed by atoms with Gasteiger partial charge in [-0.15, -0.1) is 11.3 Å². The van der Waals surface area contributed by atoms with Crippen molar-refractivity contribution in [2.45, 2.75) is 26.2 Å². The molecular formula is C21H19N3O3S. The number of aryl methyl sites for hydroxylation is 1. The van der Waals surface area contributed by atoms with Gasteiger partial charge in [0.1, 0.15) is 11.1 Å². The molecule has 0 saturated heterocycles. The smallest absolute Gasteiger partial charge is 0.338 e. The number of carbonyl (C=O) groups excluding carboxylic acids is 2. The molecule has 7 heteroatoms. The van der Waals surface area contributed by atoms with Crippen LogP contribution >= 0.6 is 11.3 Å². The number of fused-ring (bicyclic) bond motifs is 3. The number of nitrogens with one attached hydrogen (secondary N) is 2. The maximum absolute atomic E-state index is 12.4. The summed E-state index contributed by atoms with van der Waals surface area (Å²) in [5.74, 6) is -0.384. The molecule has 1 amide bonds. The van der Waals surface area contributed by atoms with E-state index in [4.69, 9.17) is 10.00 Å². The number of amides is 1. The monoisotopic (exact) mass is 393 g/mol. The van der Waals surface area contributed by atoms with Gasteiger partial charge in [-0.2, -0.15) is 5.26 Å². The second-order valence-corrected chi connectivity index (χ2v) is 8.01. The normalized spacial score (nSPS) is 15.6. The van der Waals surface area contributed by atoms with Gasteiger partial charge in [0.05, 0.1) is 11.1 Å². The number of aromatic nitrogens is 1. The fourth-order valence-electron chi connectivity index (χ4n) is 3.59. The molecule has 6 nitrogen and oxygen atoms in total. The number of thiophene rings is 1. The summed E-state index contributed by atoms with van der Waals surface area (Å²) in [5, 5.41) is 14.8. The van der Waals surface area contributed by atoms with Gasteiger partial charge in [0.2, 0.25) is 0 Å². The summed E-state index contributed by atoms with van der Waals surface area (Å²) in [5.41, 5.74) is 4.37. The summed E-state index contributed by atoms with van der Waals surface area (Å²) in [6.07, 6.45) is 3.19. The van der Waals surface area contributed by atoms with Crippen molar-refractivity contribution in [1.82, 2.24) is 4.98 Å². The van der Waals surface area contributed by atoms with Crippen LogP contribution in [0.4, 0.5) is 5.00 Å². The zero-order valence-corrected chi connectivity index (χ0v) is 16.2. The Balaban J connectivity index is 1.45. The highest BCUT2D eigenvalue weighted by atomic mass is 32.1. The van der Waals surface area contributed by atoms with Crippen LogP contribution in [0, 0.1) is 17.2 Å². The van der Waals surface area contributed by atoms with Crippen LogP contribution in [0.25, 0.3) is 10.9 Å². The highest BCUT2D eigenvalue weighted by Gasteiger charge is 2.21. The number of esters is 1. The molecule has 2 aromatic heterocycles. The Kier molecular flexibility index (Phi) is 4.88. The minimum absolute atomic E-state index is 0.390. The summed E-state index contributed by atoms with van der Waals surface area (Å²) in [7, 11) is 0. The fourth-order valence-corrected chi connectivity index (χ4v) is 4.34. The molecule has 0 saturated carbocycles. The standard InChI is InChI=1S/C21H19N3O3S/c1-12-2-4-17-15(8-12)16-9-13(3-5-18(16)23-17)21(26)27-11-19(25)24-20-14(10-22)6-7-28-20/h3,5-7,9,12,23H,2,4,8,11H2,1H3,(H,24,25)/t12-/m1/s1. The van der Waals surface area contributed by atoms with Gasteiger partial charge in [0.15, 0.2) is 6.61 Å². The van der Waals surface area contributed by atoms with Crippen molar-refractivity contribution >= 4 is 39.1 Å². The van der Waals surface area contributed by atoms with Gasteiger partial charge >= 0.3 is 5.97 Å². The Morgan fingerprint density at radius 3 is 3.07 bits per heavy atom. The van der Waals surface area contributed by atoms with Crippen molar-refractivity contribution < 1.29 is 14.3 Å². The molecule has 3 aromatic rings. The zero-order valence-electron chi connectivity index (χ0n) is 15.4. The van der Waals surface area contributed by atoms with Crippen LogP contribution in [0.2, 0.25) is 0 Å². The predicted molar refractivity (Wildman–Crippen MR) is 107 cm³/mol. The molecule has 0 aliphatic heterocycles. The van der Waals surface area contributed by atoms with Gasteiger partial charge in [-0.05, 0) is 60.4 Å². The topological polar surface area (TPSA) is 95.0 Å². The number of nitrogens with zero attached hydrogens (tertiary/aromatic N) is 1. The fraction of sp³-hybridized carbons (Fsp3) is 0.286. The summed E-state index contributed by atoms with van der Waals surface area (Å²) in [6.45, 7) is 1.84. The van der Waals surface area contributed by atoms with Crippen LogP contribution in [0.15, 0.2) is 29.6 Å². The van der Waals surface area contributed by atoms with E-state index in [-0.39, 0.29) is 0 Å². The van der Waals surface area contributed by atoms with E-state index in [9.17, 15) is 9.59 Å². The van der Waals surface area contributed by atoms with Crippen LogP contribution < -0.4 is 5.32 Å². The molecule has 0 radical (unpaired) electrons. The molecule has 0 spiro atoms. The molecule has 0 unspecified atom stereocenters. The van der Waals surface area contributed by atoms with Crippen molar-refractivity contribution in [1.29, 1.82) is 5.26 Å². The highest BCUT2D eigenvalue weighted by Crippen LogP contribution is 2.32. The molecule has 1 aliphatic rings. The van der Waals surface area contributed by atoms with E-state index in [2.05, 4.69) is 17.2 Å². The first-order chi connectivity index (χ1) is 13.5. The number of carbonyl (C=O) groups is 2. The second-order valence-electron chi connectivity index (χ2n) is 7.09. The molecule has 2 heterocycles. The van der Waals surface area contributed by atoms with E-state index in [1.165, 1.54) is 29.0 Å². The number of nitriles is 1. The number of aromatic amines is 1. The number of benzene rings is 1. The van der Waals surface area contributed by atoms with Crippen molar-refractivity contribution in [3.05, 3.63) is 52.0 Å². The Bertz CT molecular complexity index is 1110. The van der Waals surface area contributed by atoms with Crippen LogP contribution in [0.3, 0.4) is 0 Å². The third-order valence-corrected chi connectivity index (χ3v) is 5.87. The Morgan fingerprint density at radius 2 is 2.25 bits per heavy atom. The van der Waals surface area contributed by atoms with E-state index in [1.54, 1.807) is 17.5 Å². The lowest BCUT2D eigenvalue weighted by molar-refractivity contribution is -0.119. The maximum Gasteiger partial charge on any atom is 0.338 e. The molecule has 0 bridgehead atoms. The first-order valence-electron chi connectivity index (χ1n) is 9.13. The molecule has 28 heavy (non-hydrogen) atoms. The number of anilines is 1.